The molecule has 2 aliphatic rings. The summed E-state index contributed by atoms with van der Waals surface area (Å²) in [6.45, 7) is 5.41. The van der Waals surface area contributed by atoms with E-state index in [1.165, 1.54) is 11.1 Å². The summed E-state index contributed by atoms with van der Waals surface area (Å²) in [6.07, 6.45) is 4.33. The van der Waals surface area contributed by atoms with E-state index in [4.69, 9.17) is 0 Å². The van der Waals surface area contributed by atoms with Gasteiger partial charge in [0.25, 0.3) is 10.2 Å². The third-order valence-electron chi connectivity index (χ3n) is 7.22. The van der Waals surface area contributed by atoms with Crippen molar-refractivity contribution in [3.05, 3.63) is 55.6 Å². The second-order valence-electron chi connectivity index (χ2n) is 10.4. The van der Waals surface area contributed by atoms with Gasteiger partial charge >= 0.3 is 0 Å². The van der Waals surface area contributed by atoms with E-state index in [9.17, 15) is 29.8 Å². The minimum Gasteiger partial charge on any atom is -0.356 e. The van der Waals surface area contributed by atoms with Gasteiger partial charge in [0.1, 0.15) is 0 Å². The Bertz CT molecular complexity index is 901. The molecule has 0 spiro atoms. The lowest BCUT2D eigenvalue weighted by atomic mass is 9.96. The number of likely N-dealkylation sites (tertiary alicyclic amines) is 2. The highest BCUT2D eigenvalue weighted by Crippen LogP contribution is 2.21. The number of hydrogen-bond donors (Lipinski definition) is 2. The maximum Gasteiger partial charge on any atom is 0.294 e. The van der Waals surface area contributed by atoms with Crippen LogP contribution in [0, 0.1) is 32.1 Å². The van der Waals surface area contributed by atoms with Crippen LogP contribution in [0.2, 0.25) is 0 Å². The van der Waals surface area contributed by atoms with E-state index in [1.807, 2.05) is 0 Å². The van der Waals surface area contributed by atoms with Gasteiger partial charge in [-0.05, 0) is 62.7 Å². The van der Waals surface area contributed by atoms with Crippen molar-refractivity contribution < 1.29 is 29.4 Å². The fraction of sp³-hybridized carbons (Fsp3) is 0.692. The van der Waals surface area contributed by atoms with Gasteiger partial charge in [0, 0.05) is 39.3 Å². The fourth-order valence-corrected chi connectivity index (χ4v) is 5.23. The predicted molar refractivity (Wildman–Crippen MR) is 144 cm³/mol. The molecule has 40 heavy (non-hydrogen) atoms. The molecule has 1 aromatic carbocycles. The van der Waals surface area contributed by atoms with E-state index in [2.05, 4.69) is 54.4 Å². The zero-order chi connectivity index (χ0) is 28.7. The van der Waals surface area contributed by atoms with Crippen LogP contribution >= 0.6 is 0 Å². The van der Waals surface area contributed by atoms with Crippen molar-refractivity contribution in [1.82, 2.24) is 20.4 Å². The molecule has 0 saturated carbocycles. The van der Waals surface area contributed by atoms with Crippen LogP contribution < -0.4 is 10.6 Å². The van der Waals surface area contributed by atoms with Crippen LogP contribution in [-0.4, -0.2) is 84.3 Å². The Hall–Kier alpha value is -3.52. The number of amides is 2. The predicted octanol–water partition coefficient (Wildman–Crippen LogP) is 1.54. The zero-order valence-electron chi connectivity index (χ0n) is 22.8. The summed E-state index contributed by atoms with van der Waals surface area (Å²) in [5.41, 5.74) is 2.36. The molecule has 2 atom stereocenters. The Morgan fingerprint density at radius 2 is 1.18 bits per heavy atom. The lowest BCUT2D eigenvalue weighted by Crippen LogP contribution is -2.43. The number of nitrogens with zero attached hydrogens (tertiary/aromatic N) is 4. The third kappa shape index (κ3) is 11.3. The van der Waals surface area contributed by atoms with Crippen molar-refractivity contribution in [3.63, 3.8) is 0 Å². The van der Waals surface area contributed by atoms with Crippen LogP contribution in [0.4, 0.5) is 0 Å². The van der Waals surface area contributed by atoms with Gasteiger partial charge in [-0.2, -0.15) is 0 Å². The minimum atomic E-state index is -0.829. The molecule has 2 unspecified atom stereocenters. The SMILES string of the molecule is O=C(NCCCO[N+](=O)[O-])C1CCCN(Cc2ccc(CN3CCCC(C(=O)NCCCO[N+](=O)[O-])C3)cc2)C1. The molecule has 222 valence electrons. The topological polar surface area (TPSA) is 169 Å². The number of piperidine rings is 2. The first kappa shape index (κ1) is 31.0. The lowest BCUT2D eigenvalue weighted by molar-refractivity contribution is -0.757. The Balaban J connectivity index is 1.37. The van der Waals surface area contributed by atoms with Crippen LogP contribution in [0.1, 0.15) is 49.7 Å². The summed E-state index contributed by atoms with van der Waals surface area (Å²) >= 11 is 0. The molecule has 14 heteroatoms. The quantitative estimate of drug-likeness (QED) is 0.171. The summed E-state index contributed by atoms with van der Waals surface area (Å²) in [7, 11) is 0. The van der Waals surface area contributed by atoms with E-state index >= 15 is 0 Å². The van der Waals surface area contributed by atoms with E-state index in [-0.39, 0.29) is 36.9 Å². The molecule has 2 heterocycles. The van der Waals surface area contributed by atoms with E-state index in [1.54, 1.807) is 0 Å². The molecule has 2 fully saturated rings. The molecule has 2 amide bonds. The molecule has 14 nitrogen and oxygen atoms in total. The minimum absolute atomic E-state index is 0.0153. The average molecular weight is 565 g/mol. The van der Waals surface area contributed by atoms with Crippen LogP contribution in [0.15, 0.2) is 24.3 Å². The molecular weight excluding hydrogens is 524 g/mol. The van der Waals surface area contributed by atoms with Crippen molar-refractivity contribution in [2.24, 2.45) is 11.8 Å². The van der Waals surface area contributed by atoms with Crippen LogP contribution in [0.25, 0.3) is 0 Å². The molecule has 2 saturated heterocycles. The lowest BCUT2D eigenvalue weighted by Gasteiger charge is -2.32. The van der Waals surface area contributed by atoms with E-state index in [0.717, 1.165) is 51.9 Å². The number of benzene rings is 1. The number of carbonyl (C=O) groups is 2. The number of hydrogen-bond acceptors (Lipinski definition) is 10. The van der Waals surface area contributed by atoms with Gasteiger partial charge in [-0.15, -0.1) is 20.2 Å². The van der Waals surface area contributed by atoms with Gasteiger partial charge in [-0.3, -0.25) is 19.4 Å². The molecule has 2 aliphatic heterocycles. The maximum absolute atomic E-state index is 12.5. The second-order valence-corrected chi connectivity index (χ2v) is 10.4. The van der Waals surface area contributed by atoms with Crippen molar-refractivity contribution >= 4 is 11.8 Å². The molecule has 1 aromatic rings. The number of nitrogens with one attached hydrogen (secondary N) is 2. The number of carbonyl (C=O) groups excluding carboxylic acids is 2. The molecule has 3 rings (SSSR count). The summed E-state index contributed by atoms with van der Waals surface area (Å²) in [5.74, 6) is -0.219. The highest BCUT2D eigenvalue weighted by atomic mass is 17.0. The Labute approximate surface area is 233 Å². The number of rotatable bonds is 16. The van der Waals surface area contributed by atoms with Crippen LogP contribution in [-0.2, 0) is 32.4 Å². The molecular formula is C26H40N6O8. The highest BCUT2D eigenvalue weighted by Gasteiger charge is 2.27. The van der Waals surface area contributed by atoms with Gasteiger partial charge in [-0.1, -0.05) is 24.3 Å². The Morgan fingerprint density at radius 1 is 0.775 bits per heavy atom. The third-order valence-corrected chi connectivity index (χ3v) is 7.22. The van der Waals surface area contributed by atoms with E-state index < -0.39 is 10.2 Å². The van der Waals surface area contributed by atoms with Crippen LogP contribution in [0.3, 0.4) is 0 Å². The normalized spacial score (nSPS) is 19.9. The zero-order valence-corrected chi connectivity index (χ0v) is 22.8. The Kier molecular flexibility index (Phi) is 12.8. The first-order chi connectivity index (χ1) is 19.3. The molecule has 0 aromatic heterocycles. The highest BCUT2D eigenvalue weighted by molar-refractivity contribution is 5.79. The smallest absolute Gasteiger partial charge is 0.294 e. The van der Waals surface area contributed by atoms with Crippen molar-refractivity contribution in [2.75, 3.05) is 52.5 Å². The first-order valence-electron chi connectivity index (χ1n) is 13.9. The summed E-state index contributed by atoms with van der Waals surface area (Å²) in [6, 6.07) is 8.48. The van der Waals surface area contributed by atoms with Gasteiger partial charge in [-0.25, -0.2) is 0 Å². The summed E-state index contributed by atoms with van der Waals surface area (Å²) in [5, 5.41) is 24.4. The maximum atomic E-state index is 12.5. The van der Waals surface area contributed by atoms with Crippen molar-refractivity contribution in [3.8, 4) is 0 Å². The average Bonchev–Trinajstić information content (AvgIpc) is 2.93. The fourth-order valence-electron chi connectivity index (χ4n) is 5.23. The van der Waals surface area contributed by atoms with Gasteiger partial charge < -0.3 is 20.3 Å². The molecule has 0 radical (unpaired) electrons. The largest absolute Gasteiger partial charge is 0.356 e. The van der Waals surface area contributed by atoms with Crippen molar-refractivity contribution in [2.45, 2.75) is 51.6 Å². The van der Waals surface area contributed by atoms with Gasteiger partial charge in [0.05, 0.1) is 25.0 Å². The van der Waals surface area contributed by atoms with Crippen molar-refractivity contribution in [1.29, 1.82) is 0 Å². The second kappa shape index (κ2) is 16.6. The monoisotopic (exact) mass is 564 g/mol. The molecule has 0 bridgehead atoms. The Morgan fingerprint density at radius 3 is 1.55 bits per heavy atom. The van der Waals surface area contributed by atoms with Crippen LogP contribution in [0.5, 0.6) is 0 Å². The molecule has 0 aliphatic carbocycles. The summed E-state index contributed by atoms with van der Waals surface area (Å²) < 4.78 is 0. The van der Waals surface area contributed by atoms with E-state index in [0.29, 0.717) is 39.0 Å². The standard InChI is InChI=1S/C26H40N6O8/c33-25(27-11-3-15-39-31(35)36)23-5-1-13-29(19-23)17-21-7-9-22(10-8-21)18-30-14-2-6-24(20-30)26(34)28-12-4-16-40-32(37)38/h7-10,23-24H,1-6,11-20H2,(H,27,33)(H,28,34). The van der Waals surface area contributed by atoms with Gasteiger partial charge in [0.2, 0.25) is 11.8 Å². The summed E-state index contributed by atoms with van der Waals surface area (Å²) in [4.78, 5) is 58.5. The van der Waals surface area contributed by atoms with Gasteiger partial charge in [0.15, 0.2) is 0 Å². The molecule has 2 N–H and O–H groups in total. The first-order valence-corrected chi connectivity index (χ1v) is 13.9.